The van der Waals surface area contributed by atoms with Crippen LogP contribution in [0.4, 0.5) is 0 Å². The number of methoxy groups -OCH3 is 2. The zero-order valence-corrected chi connectivity index (χ0v) is 17.5. The van der Waals surface area contributed by atoms with Gasteiger partial charge in [0.15, 0.2) is 0 Å². The van der Waals surface area contributed by atoms with E-state index in [9.17, 15) is 4.79 Å². The largest absolute Gasteiger partial charge is 0.497 e. The highest BCUT2D eigenvalue weighted by molar-refractivity contribution is 6.03. The summed E-state index contributed by atoms with van der Waals surface area (Å²) in [6.07, 6.45) is 0. The van der Waals surface area contributed by atoms with E-state index in [0.717, 1.165) is 16.3 Å². The summed E-state index contributed by atoms with van der Waals surface area (Å²) in [5.41, 5.74) is 5.79. The number of H-pyrrole nitrogens is 1. The standard InChI is InChI=1S/C24H22N4O3/c1-15(17-9-8-16-6-4-5-7-18(16)12-17)25-28-24(29)22-14-21(26-27-22)20-13-19(30-2)10-11-23(20)31-3/h4-14H,1-3H3,(H,26,27)(H,28,29)/b25-15-. The second-order valence-corrected chi connectivity index (χ2v) is 6.93. The van der Waals surface area contributed by atoms with Gasteiger partial charge in [-0.05, 0) is 53.6 Å². The molecule has 4 aromatic rings. The Hall–Kier alpha value is -4.13. The van der Waals surface area contributed by atoms with Crippen LogP contribution in [0.2, 0.25) is 0 Å². The number of nitrogens with zero attached hydrogens (tertiary/aromatic N) is 2. The van der Waals surface area contributed by atoms with Crippen LogP contribution in [-0.2, 0) is 0 Å². The third-order valence-electron chi connectivity index (χ3n) is 5.00. The molecular weight excluding hydrogens is 392 g/mol. The van der Waals surface area contributed by atoms with Crippen LogP contribution in [0.25, 0.3) is 22.0 Å². The van der Waals surface area contributed by atoms with Gasteiger partial charge in [-0.15, -0.1) is 0 Å². The van der Waals surface area contributed by atoms with Gasteiger partial charge in [0.1, 0.15) is 17.2 Å². The maximum Gasteiger partial charge on any atom is 0.289 e. The number of benzene rings is 3. The fourth-order valence-electron chi connectivity index (χ4n) is 3.26. The molecule has 0 aliphatic rings. The van der Waals surface area contributed by atoms with Gasteiger partial charge >= 0.3 is 0 Å². The van der Waals surface area contributed by atoms with Crippen molar-refractivity contribution >= 4 is 22.4 Å². The van der Waals surface area contributed by atoms with Crippen molar-refractivity contribution in [2.45, 2.75) is 6.92 Å². The van der Waals surface area contributed by atoms with E-state index >= 15 is 0 Å². The summed E-state index contributed by atoms with van der Waals surface area (Å²) in [7, 11) is 3.17. The number of amides is 1. The molecule has 0 aliphatic heterocycles. The second kappa shape index (κ2) is 8.71. The van der Waals surface area contributed by atoms with Gasteiger partial charge in [0.25, 0.3) is 5.91 Å². The summed E-state index contributed by atoms with van der Waals surface area (Å²) >= 11 is 0. The number of aromatic amines is 1. The number of carbonyl (C=O) groups excluding carboxylic acids is 1. The molecular formula is C24H22N4O3. The maximum atomic E-state index is 12.6. The molecule has 0 spiro atoms. The second-order valence-electron chi connectivity index (χ2n) is 6.93. The molecule has 0 atom stereocenters. The van der Waals surface area contributed by atoms with Gasteiger partial charge in [0.05, 0.1) is 25.6 Å². The molecule has 0 saturated carbocycles. The first-order chi connectivity index (χ1) is 15.1. The van der Waals surface area contributed by atoms with Crippen molar-refractivity contribution < 1.29 is 14.3 Å². The van der Waals surface area contributed by atoms with Crippen molar-refractivity contribution in [2.24, 2.45) is 5.10 Å². The van der Waals surface area contributed by atoms with Crippen molar-refractivity contribution in [2.75, 3.05) is 14.2 Å². The summed E-state index contributed by atoms with van der Waals surface area (Å²) in [6.45, 7) is 1.85. The minimum absolute atomic E-state index is 0.287. The molecule has 1 aromatic heterocycles. The van der Waals surface area contributed by atoms with Crippen molar-refractivity contribution in [3.05, 3.63) is 78.0 Å². The molecule has 0 aliphatic carbocycles. The first-order valence-electron chi connectivity index (χ1n) is 9.70. The number of hydrogen-bond acceptors (Lipinski definition) is 5. The molecule has 1 heterocycles. The van der Waals surface area contributed by atoms with Crippen LogP contribution in [0.3, 0.4) is 0 Å². The quantitative estimate of drug-likeness (QED) is 0.362. The summed E-state index contributed by atoms with van der Waals surface area (Å²) in [5, 5.41) is 13.5. The zero-order valence-electron chi connectivity index (χ0n) is 17.5. The Bertz CT molecular complexity index is 1280. The average molecular weight is 414 g/mol. The Kier molecular flexibility index (Phi) is 5.66. The van der Waals surface area contributed by atoms with Crippen LogP contribution in [-0.4, -0.2) is 36.0 Å². The zero-order chi connectivity index (χ0) is 21.8. The summed E-state index contributed by atoms with van der Waals surface area (Å²) < 4.78 is 10.7. The normalized spacial score (nSPS) is 11.4. The van der Waals surface area contributed by atoms with E-state index in [4.69, 9.17) is 9.47 Å². The highest BCUT2D eigenvalue weighted by Crippen LogP contribution is 2.32. The molecule has 0 unspecified atom stereocenters. The van der Waals surface area contributed by atoms with Crippen LogP contribution >= 0.6 is 0 Å². The van der Waals surface area contributed by atoms with Crippen LogP contribution in [0.5, 0.6) is 11.5 Å². The first kappa shape index (κ1) is 20.2. The predicted octanol–water partition coefficient (Wildman–Crippen LogP) is 4.40. The van der Waals surface area contributed by atoms with E-state index in [0.29, 0.717) is 28.5 Å². The molecule has 7 heteroatoms. The Morgan fingerprint density at radius 2 is 1.77 bits per heavy atom. The van der Waals surface area contributed by atoms with E-state index in [1.54, 1.807) is 38.5 Å². The topological polar surface area (TPSA) is 88.6 Å². The lowest BCUT2D eigenvalue weighted by molar-refractivity contribution is 0.0950. The summed E-state index contributed by atoms with van der Waals surface area (Å²) in [4.78, 5) is 12.6. The van der Waals surface area contributed by atoms with Crippen molar-refractivity contribution in [3.8, 4) is 22.8 Å². The number of hydrazone groups is 1. The predicted molar refractivity (Wildman–Crippen MR) is 121 cm³/mol. The molecule has 0 radical (unpaired) electrons. The van der Waals surface area contributed by atoms with Gasteiger partial charge in [0.2, 0.25) is 0 Å². The van der Waals surface area contributed by atoms with Crippen LogP contribution in [0.1, 0.15) is 23.0 Å². The molecule has 3 aromatic carbocycles. The van der Waals surface area contributed by atoms with E-state index in [1.165, 1.54) is 0 Å². The third-order valence-corrected chi connectivity index (χ3v) is 5.00. The van der Waals surface area contributed by atoms with E-state index in [1.807, 2.05) is 43.3 Å². The number of nitrogens with one attached hydrogen (secondary N) is 2. The van der Waals surface area contributed by atoms with Gasteiger partial charge in [-0.2, -0.15) is 10.2 Å². The lowest BCUT2D eigenvalue weighted by Gasteiger charge is -2.08. The molecule has 2 N–H and O–H groups in total. The highest BCUT2D eigenvalue weighted by atomic mass is 16.5. The number of fused-ring (bicyclic) bond motifs is 1. The van der Waals surface area contributed by atoms with Gasteiger partial charge in [0, 0.05) is 5.56 Å². The van der Waals surface area contributed by atoms with Gasteiger partial charge in [-0.1, -0.05) is 36.4 Å². The molecule has 31 heavy (non-hydrogen) atoms. The molecule has 4 rings (SSSR count). The molecule has 156 valence electrons. The van der Waals surface area contributed by atoms with Crippen molar-refractivity contribution in [3.63, 3.8) is 0 Å². The molecule has 1 amide bonds. The van der Waals surface area contributed by atoms with Crippen molar-refractivity contribution in [1.82, 2.24) is 15.6 Å². The Morgan fingerprint density at radius 1 is 0.968 bits per heavy atom. The number of aromatic nitrogens is 2. The Labute approximate surface area is 179 Å². The third kappa shape index (κ3) is 4.25. The van der Waals surface area contributed by atoms with Crippen molar-refractivity contribution in [1.29, 1.82) is 0 Å². The first-order valence-corrected chi connectivity index (χ1v) is 9.70. The molecule has 7 nitrogen and oxygen atoms in total. The minimum atomic E-state index is -0.388. The van der Waals surface area contributed by atoms with Crippen LogP contribution < -0.4 is 14.9 Å². The number of carbonyl (C=O) groups is 1. The van der Waals surface area contributed by atoms with E-state index < -0.39 is 0 Å². The van der Waals surface area contributed by atoms with E-state index in [2.05, 4.69) is 26.8 Å². The van der Waals surface area contributed by atoms with Gasteiger partial charge < -0.3 is 9.47 Å². The van der Waals surface area contributed by atoms with Gasteiger partial charge in [-0.25, -0.2) is 5.43 Å². The average Bonchev–Trinajstić information content (AvgIpc) is 3.31. The minimum Gasteiger partial charge on any atom is -0.497 e. The number of hydrogen-bond donors (Lipinski definition) is 2. The molecule has 0 fully saturated rings. The number of ether oxygens (including phenoxy) is 2. The molecule has 0 saturated heterocycles. The fraction of sp³-hybridized carbons (Fsp3) is 0.125. The highest BCUT2D eigenvalue weighted by Gasteiger charge is 2.15. The summed E-state index contributed by atoms with van der Waals surface area (Å²) in [5.74, 6) is 0.908. The monoisotopic (exact) mass is 414 g/mol. The van der Waals surface area contributed by atoms with E-state index in [-0.39, 0.29) is 11.6 Å². The Morgan fingerprint density at radius 3 is 2.55 bits per heavy atom. The SMILES string of the molecule is COc1ccc(OC)c(-c2cc(C(=O)N/N=C(/C)c3ccc4ccccc4c3)[nH]n2)c1. The number of rotatable bonds is 6. The lowest BCUT2D eigenvalue weighted by atomic mass is 10.0. The smallest absolute Gasteiger partial charge is 0.289 e. The fourth-order valence-corrected chi connectivity index (χ4v) is 3.26. The maximum absolute atomic E-state index is 12.6. The van der Waals surface area contributed by atoms with Crippen LogP contribution in [0.15, 0.2) is 71.8 Å². The summed E-state index contributed by atoms with van der Waals surface area (Å²) in [6, 6.07) is 21.2. The lowest BCUT2D eigenvalue weighted by Crippen LogP contribution is -2.19. The molecule has 0 bridgehead atoms. The Balaban J connectivity index is 1.52. The van der Waals surface area contributed by atoms with Crippen LogP contribution in [0, 0.1) is 0 Å². The van der Waals surface area contributed by atoms with Gasteiger partial charge in [-0.3, -0.25) is 9.89 Å².